The number of carbonyl (C=O) groups excluding carboxylic acids is 1. The van der Waals surface area contributed by atoms with Gasteiger partial charge in [-0.05, 0) is 67.6 Å². The van der Waals surface area contributed by atoms with Crippen LogP contribution in [0, 0.1) is 5.82 Å². The zero-order chi connectivity index (χ0) is 26.0. The lowest BCUT2D eigenvalue weighted by molar-refractivity contribution is -0.138. The maximum absolute atomic E-state index is 13.9. The van der Waals surface area contributed by atoms with Crippen LogP contribution in [0.4, 0.5) is 17.6 Å². The first-order chi connectivity index (χ1) is 17.1. The molecule has 0 spiro atoms. The first-order valence-corrected chi connectivity index (χ1v) is 12.3. The van der Waals surface area contributed by atoms with Gasteiger partial charge in [0.1, 0.15) is 17.6 Å². The van der Waals surface area contributed by atoms with Crippen LogP contribution in [0.2, 0.25) is 0 Å². The Morgan fingerprint density at radius 2 is 1.72 bits per heavy atom. The molecule has 36 heavy (non-hydrogen) atoms. The number of hydrogen-bond acceptors (Lipinski definition) is 4. The molecule has 2 aliphatic rings. The number of benzene rings is 2. The maximum atomic E-state index is 13.9. The topological polar surface area (TPSA) is 36.0 Å². The van der Waals surface area contributed by atoms with Crippen LogP contribution in [0.25, 0.3) is 0 Å². The van der Waals surface area contributed by atoms with Crippen molar-refractivity contribution in [2.24, 2.45) is 0 Å². The van der Waals surface area contributed by atoms with Crippen LogP contribution in [0.5, 0.6) is 5.75 Å². The first-order valence-electron chi connectivity index (χ1n) is 12.3. The van der Waals surface area contributed by atoms with Crippen molar-refractivity contribution in [3.63, 3.8) is 0 Å². The van der Waals surface area contributed by atoms with Crippen LogP contribution < -0.4 is 4.74 Å². The van der Waals surface area contributed by atoms with Gasteiger partial charge in [-0.3, -0.25) is 9.69 Å². The Kier molecular flexibility index (Phi) is 7.90. The molecule has 5 nitrogen and oxygen atoms in total. The monoisotopic (exact) mass is 507 g/mol. The molecule has 1 unspecified atom stereocenters. The third kappa shape index (κ3) is 5.52. The normalized spacial score (nSPS) is 18.0. The number of piperazine rings is 1. The molecule has 1 fully saturated rings. The molecule has 196 valence electrons. The van der Waals surface area contributed by atoms with E-state index in [9.17, 15) is 22.4 Å². The summed E-state index contributed by atoms with van der Waals surface area (Å²) in [5.41, 5.74) is 1.82. The minimum Gasteiger partial charge on any atom is -0.496 e. The second-order valence-electron chi connectivity index (χ2n) is 9.77. The molecule has 2 aromatic carbocycles. The molecule has 1 amide bonds. The van der Waals surface area contributed by atoms with Crippen LogP contribution in [-0.4, -0.2) is 68.0 Å². The Bertz CT molecular complexity index is 1080. The van der Waals surface area contributed by atoms with Crippen molar-refractivity contribution < 1.29 is 27.1 Å². The number of amides is 1. The predicted molar refractivity (Wildman–Crippen MR) is 129 cm³/mol. The highest BCUT2D eigenvalue weighted by molar-refractivity contribution is 5.83. The van der Waals surface area contributed by atoms with Crippen molar-refractivity contribution in [1.82, 2.24) is 14.7 Å². The molecule has 9 heteroatoms. The summed E-state index contributed by atoms with van der Waals surface area (Å²) in [5.74, 6) is -0.840. The Morgan fingerprint density at radius 1 is 1.08 bits per heavy atom. The summed E-state index contributed by atoms with van der Waals surface area (Å²) in [5, 5.41) is 0. The highest BCUT2D eigenvalue weighted by atomic mass is 19.4. The van der Waals surface area contributed by atoms with Crippen molar-refractivity contribution in [3.8, 4) is 5.75 Å². The van der Waals surface area contributed by atoms with Crippen LogP contribution >= 0.6 is 0 Å². The lowest BCUT2D eigenvalue weighted by atomic mass is 9.85. The highest BCUT2D eigenvalue weighted by Crippen LogP contribution is 2.43. The number of methoxy groups -OCH3 is 1. The van der Waals surface area contributed by atoms with Gasteiger partial charge < -0.3 is 14.5 Å². The van der Waals surface area contributed by atoms with Crippen LogP contribution in [-0.2, 0) is 30.4 Å². The molecular formula is C27H33F4N3O2. The van der Waals surface area contributed by atoms with Gasteiger partial charge in [0.05, 0.1) is 12.7 Å². The molecule has 2 aromatic rings. The largest absolute Gasteiger partial charge is 0.496 e. The molecule has 0 N–H and O–H groups in total. The van der Waals surface area contributed by atoms with Crippen molar-refractivity contribution >= 4 is 5.91 Å². The molecular weight excluding hydrogens is 474 g/mol. The summed E-state index contributed by atoms with van der Waals surface area (Å²) in [7, 11) is 4.88. The second-order valence-corrected chi connectivity index (χ2v) is 9.77. The van der Waals surface area contributed by atoms with E-state index in [0.717, 1.165) is 31.5 Å². The van der Waals surface area contributed by atoms with Gasteiger partial charge in [-0.25, -0.2) is 4.39 Å². The van der Waals surface area contributed by atoms with Crippen LogP contribution in [0.15, 0.2) is 30.3 Å². The second kappa shape index (κ2) is 10.8. The number of halogens is 4. The molecule has 1 saturated heterocycles. The molecule has 1 aliphatic heterocycles. The Labute approximate surface area is 209 Å². The van der Waals surface area contributed by atoms with E-state index in [0.29, 0.717) is 42.6 Å². The van der Waals surface area contributed by atoms with Gasteiger partial charge in [0, 0.05) is 45.3 Å². The third-order valence-corrected chi connectivity index (χ3v) is 7.32. The molecule has 4 rings (SSSR count). The van der Waals surface area contributed by atoms with Crippen molar-refractivity contribution in [1.29, 1.82) is 0 Å². The van der Waals surface area contributed by atoms with E-state index in [1.165, 1.54) is 30.2 Å². The van der Waals surface area contributed by atoms with Gasteiger partial charge in [-0.1, -0.05) is 12.1 Å². The van der Waals surface area contributed by atoms with E-state index in [4.69, 9.17) is 4.74 Å². The number of alkyl halides is 3. The SMILES string of the molecule is COc1c(C(F)(F)F)cc2c(c1CN(C)C(=O)C(c1ccc(F)cc1)N1CCN(C)CC1)CCCC2. The first kappa shape index (κ1) is 26.4. The molecule has 0 saturated carbocycles. The lowest BCUT2D eigenvalue weighted by Crippen LogP contribution is -2.50. The molecule has 0 aromatic heterocycles. The number of hydrogen-bond donors (Lipinski definition) is 0. The smallest absolute Gasteiger partial charge is 0.419 e. The number of ether oxygens (including phenoxy) is 1. The summed E-state index contributed by atoms with van der Waals surface area (Å²) < 4.78 is 60.8. The number of carbonyl (C=O) groups is 1. The molecule has 1 aliphatic carbocycles. The van der Waals surface area contributed by atoms with Crippen LogP contribution in [0.1, 0.15) is 46.7 Å². The molecule has 1 atom stereocenters. The maximum Gasteiger partial charge on any atom is 0.419 e. The summed E-state index contributed by atoms with van der Waals surface area (Å²) in [6, 6.07) is 6.44. The van der Waals surface area contributed by atoms with Gasteiger partial charge in [0.15, 0.2) is 0 Å². The Hall–Kier alpha value is -2.65. The lowest BCUT2D eigenvalue weighted by Gasteiger charge is -2.39. The zero-order valence-corrected chi connectivity index (χ0v) is 21.0. The van der Waals surface area contributed by atoms with E-state index in [-0.39, 0.29) is 18.2 Å². The van der Waals surface area contributed by atoms with Gasteiger partial charge in [0.25, 0.3) is 0 Å². The van der Waals surface area contributed by atoms with E-state index in [1.54, 1.807) is 19.2 Å². The van der Waals surface area contributed by atoms with Crippen molar-refractivity contribution in [2.45, 2.75) is 44.4 Å². The third-order valence-electron chi connectivity index (χ3n) is 7.32. The van der Waals surface area contributed by atoms with Crippen molar-refractivity contribution in [3.05, 3.63) is 64.0 Å². The average Bonchev–Trinajstić information content (AvgIpc) is 2.85. The summed E-state index contributed by atoms with van der Waals surface area (Å²) in [6.45, 7) is 2.87. The summed E-state index contributed by atoms with van der Waals surface area (Å²) >= 11 is 0. The number of nitrogens with zero attached hydrogens (tertiary/aromatic N) is 3. The van der Waals surface area contributed by atoms with Gasteiger partial charge in [0.2, 0.25) is 5.91 Å². The van der Waals surface area contributed by atoms with Gasteiger partial charge in [-0.15, -0.1) is 0 Å². The predicted octanol–water partition coefficient (Wildman–Crippen LogP) is 4.68. The summed E-state index contributed by atoms with van der Waals surface area (Å²) in [6.07, 6.45) is -1.62. The van der Waals surface area contributed by atoms with Crippen LogP contribution in [0.3, 0.4) is 0 Å². The standard InChI is InChI=1S/C27H33F4N3O2/c1-32-12-14-34(15-13-32)24(18-8-10-20(28)11-9-18)26(35)33(2)17-22-21-7-5-4-6-19(21)16-23(25(22)36-3)27(29,30)31/h8-11,16,24H,4-7,12-15,17H2,1-3H3. The van der Waals surface area contributed by atoms with Gasteiger partial charge in [-0.2, -0.15) is 13.2 Å². The highest BCUT2D eigenvalue weighted by Gasteiger charge is 2.38. The fourth-order valence-corrected chi connectivity index (χ4v) is 5.34. The van der Waals surface area contributed by atoms with Gasteiger partial charge >= 0.3 is 6.18 Å². The molecule has 1 heterocycles. The quantitative estimate of drug-likeness (QED) is 0.532. The van der Waals surface area contributed by atoms with E-state index in [2.05, 4.69) is 9.80 Å². The summed E-state index contributed by atoms with van der Waals surface area (Å²) in [4.78, 5) is 19.6. The minimum atomic E-state index is -4.56. The van der Waals surface area contributed by atoms with E-state index >= 15 is 0 Å². The number of likely N-dealkylation sites (N-methyl/N-ethyl adjacent to an activating group) is 2. The van der Waals surface area contributed by atoms with Crippen molar-refractivity contribution in [2.75, 3.05) is 47.4 Å². The van der Waals surface area contributed by atoms with E-state index in [1.807, 2.05) is 7.05 Å². The zero-order valence-electron chi connectivity index (χ0n) is 21.0. The van der Waals surface area contributed by atoms with E-state index < -0.39 is 23.6 Å². The Balaban J connectivity index is 1.70. The number of aryl methyl sites for hydroxylation is 1. The molecule has 0 bridgehead atoms. The fourth-order valence-electron chi connectivity index (χ4n) is 5.34. The Morgan fingerprint density at radius 3 is 2.33 bits per heavy atom. The number of rotatable bonds is 6. The minimum absolute atomic E-state index is 0.000300. The average molecular weight is 508 g/mol. The fraction of sp³-hybridized carbons (Fsp3) is 0.519. The number of fused-ring (bicyclic) bond motifs is 1. The molecule has 0 radical (unpaired) electrons.